The summed E-state index contributed by atoms with van der Waals surface area (Å²) in [6, 6.07) is 8.77. The molecule has 7 nitrogen and oxygen atoms in total. The zero-order valence-electron chi connectivity index (χ0n) is 14.8. The van der Waals surface area contributed by atoms with E-state index in [1.54, 1.807) is 48.7 Å². The van der Waals surface area contributed by atoms with Gasteiger partial charge in [-0.2, -0.15) is 4.31 Å². The molecule has 1 N–H and O–H groups in total. The van der Waals surface area contributed by atoms with E-state index in [0.29, 0.717) is 30.6 Å². The lowest BCUT2D eigenvalue weighted by molar-refractivity contribution is -0.119. The molecule has 1 atom stereocenters. The first-order chi connectivity index (χ1) is 12.9. The van der Waals surface area contributed by atoms with Crippen LogP contribution in [0.1, 0.15) is 30.1 Å². The Kier molecular flexibility index (Phi) is 5.93. The maximum Gasteiger partial charge on any atom is 0.338 e. The Morgan fingerprint density at radius 2 is 2.00 bits per heavy atom. The SMILES string of the molecule is CCOC(=O)c1ccc(NC(=O)[C@@H]2CCCN2S(=O)(=O)c2cccs2)cc1. The normalized spacial score (nSPS) is 17.6. The molecule has 0 aliphatic carbocycles. The van der Waals surface area contributed by atoms with Crippen molar-refractivity contribution in [3.05, 3.63) is 47.3 Å². The van der Waals surface area contributed by atoms with E-state index >= 15 is 0 Å². The quantitative estimate of drug-likeness (QED) is 0.742. The van der Waals surface area contributed by atoms with Crippen molar-refractivity contribution >= 4 is 38.9 Å². The minimum Gasteiger partial charge on any atom is -0.462 e. The maximum absolute atomic E-state index is 12.7. The third-order valence-corrected chi connectivity index (χ3v) is 7.51. The lowest BCUT2D eigenvalue weighted by Crippen LogP contribution is -2.42. The first-order valence-corrected chi connectivity index (χ1v) is 10.9. The first kappa shape index (κ1) is 19.5. The van der Waals surface area contributed by atoms with Crippen molar-refractivity contribution in [2.45, 2.75) is 30.0 Å². The fourth-order valence-corrected chi connectivity index (χ4v) is 5.72. The Hall–Kier alpha value is -2.23. The molecule has 1 aliphatic heterocycles. The molecule has 1 aromatic heterocycles. The summed E-state index contributed by atoms with van der Waals surface area (Å²) in [5.74, 6) is -0.809. The predicted molar refractivity (Wildman–Crippen MR) is 102 cm³/mol. The van der Waals surface area contributed by atoms with Gasteiger partial charge in [0.15, 0.2) is 0 Å². The molecule has 0 saturated carbocycles. The topological polar surface area (TPSA) is 92.8 Å². The van der Waals surface area contributed by atoms with Gasteiger partial charge < -0.3 is 10.1 Å². The van der Waals surface area contributed by atoms with Crippen molar-refractivity contribution in [3.8, 4) is 0 Å². The van der Waals surface area contributed by atoms with Crippen LogP contribution in [0, 0.1) is 0 Å². The number of thiophene rings is 1. The minimum atomic E-state index is -3.68. The van der Waals surface area contributed by atoms with Crippen LogP contribution in [-0.4, -0.2) is 43.8 Å². The smallest absolute Gasteiger partial charge is 0.338 e. The average Bonchev–Trinajstić information content (AvgIpc) is 3.35. The molecule has 0 bridgehead atoms. The van der Waals surface area contributed by atoms with E-state index in [0.717, 1.165) is 11.3 Å². The molecule has 1 saturated heterocycles. The van der Waals surface area contributed by atoms with E-state index in [4.69, 9.17) is 4.74 Å². The fourth-order valence-electron chi connectivity index (χ4n) is 2.95. The standard InChI is InChI=1S/C18H20N2O5S2/c1-2-25-18(22)13-7-9-14(10-8-13)19-17(21)15-5-3-11-20(15)27(23,24)16-6-4-12-26-16/h4,6-10,12,15H,2-3,5,11H2,1H3,(H,19,21)/t15-/m0/s1. The van der Waals surface area contributed by atoms with Gasteiger partial charge in [0.1, 0.15) is 10.3 Å². The van der Waals surface area contributed by atoms with Gasteiger partial charge in [-0.3, -0.25) is 4.79 Å². The van der Waals surface area contributed by atoms with Crippen LogP contribution in [0.2, 0.25) is 0 Å². The number of esters is 1. The van der Waals surface area contributed by atoms with Crippen LogP contribution in [0.25, 0.3) is 0 Å². The number of anilines is 1. The molecular formula is C18H20N2O5S2. The molecule has 0 unspecified atom stereocenters. The molecule has 9 heteroatoms. The van der Waals surface area contributed by atoms with Crippen molar-refractivity contribution < 1.29 is 22.7 Å². The molecule has 27 heavy (non-hydrogen) atoms. The fraction of sp³-hybridized carbons (Fsp3) is 0.333. The molecule has 1 aromatic carbocycles. The van der Waals surface area contributed by atoms with Crippen LogP contribution in [0.3, 0.4) is 0 Å². The number of ether oxygens (including phenoxy) is 1. The Morgan fingerprint density at radius 3 is 2.63 bits per heavy atom. The number of hydrogen-bond acceptors (Lipinski definition) is 6. The van der Waals surface area contributed by atoms with Gasteiger partial charge in [-0.05, 0) is 55.5 Å². The summed E-state index contributed by atoms with van der Waals surface area (Å²) in [6.45, 7) is 2.33. The maximum atomic E-state index is 12.7. The van der Waals surface area contributed by atoms with E-state index in [2.05, 4.69) is 5.32 Å². The highest BCUT2D eigenvalue weighted by Crippen LogP contribution is 2.29. The molecule has 0 radical (unpaired) electrons. The predicted octanol–water partition coefficient (Wildman–Crippen LogP) is 2.72. The zero-order chi connectivity index (χ0) is 19.4. The summed E-state index contributed by atoms with van der Waals surface area (Å²) in [5, 5.41) is 4.43. The number of sulfonamides is 1. The molecule has 2 aromatic rings. The van der Waals surface area contributed by atoms with Crippen LogP contribution in [0.4, 0.5) is 5.69 Å². The summed E-state index contributed by atoms with van der Waals surface area (Å²) in [5.41, 5.74) is 0.881. The summed E-state index contributed by atoms with van der Waals surface area (Å²) in [4.78, 5) is 24.3. The molecule has 3 rings (SSSR count). The molecule has 144 valence electrons. The number of amides is 1. The number of benzene rings is 1. The molecule has 2 heterocycles. The zero-order valence-corrected chi connectivity index (χ0v) is 16.4. The van der Waals surface area contributed by atoms with Gasteiger partial charge in [-0.1, -0.05) is 6.07 Å². The van der Waals surface area contributed by atoms with Crippen LogP contribution in [-0.2, 0) is 19.6 Å². The van der Waals surface area contributed by atoms with Gasteiger partial charge in [-0.25, -0.2) is 13.2 Å². The van der Waals surface area contributed by atoms with Crippen LogP contribution in [0.15, 0.2) is 46.0 Å². The highest BCUT2D eigenvalue weighted by Gasteiger charge is 2.39. The second kappa shape index (κ2) is 8.20. The van der Waals surface area contributed by atoms with E-state index in [1.165, 1.54) is 4.31 Å². The largest absolute Gasteiger partial charge is 0.462 e. The Labute approximate surface area is 162 Å². The van der Waals surface area contributed by atoms with Crippen LogP contribution < -0.4 is 5.32 Å². The van der Waals surface area contributed by atoms with E-state index in [1.807, 2.05) is 0 Å². The molecular weight excluding hydrogens is 388 g/mol. The number of nitrogens with one attached hydrogen (secondary N) is 1. The Bertz CT molecular complexity index is 908. The van der Waals surface area contributed by atoms with Gasteiger partial charge in [0.2, 0.25) is 5.91 Å². The summed E-state index contributed by atoms with van der Waals surface area (Å²) >= 11 is 1.14. The van der Waals surface area contributed by atoms with Crippen molar-refractivity contribution in [1.82, 2.24) is 4.31 Å². The monoisotopic (exact) mass is 408 g/mol. The second-order valence-electron chi connectivity index (χ2n) is 5.99. The van der Waals surface area contributed by atoms with Crippen molar-refractivity contribution in [2.24, 2.45) is 0 Å². The van der Waals surface area contributed by atoms with Gasteiger partial charge in [0.25, 0.3) is 10.0 Å². The van der Waals surface area contributed by atoms with Crippen LogP contribution >= 0.6 is 11.3 Å². The molecule has 0 spiro atoms. The van der Waals surface area contributed by atoms with Crippen LogP contribution in [0.5, 0.6) is 0 Å². The number of hydrogen-bond donors (Lipinski definition) is 1. The van der Waals surface area contributed by atoms with E-state index in [-0.39, 0.29) is 16.7 Å². The van der Waals surface area contributed by atoms with Crippen molar-refractivity contribution in [3.63, 3.8) is 0 Å². The third-order valence-electron chi connectivity index (χ3n) is 4.23. The Balaban J connectivity index is 1.71. The second-order valence-corrected chi connectivity index (χ2v) is 9.06. The average molecular weight is 409 g/mol. The lowest BCUT2D eigenvalue weighted by Gasteiger charge is -2.22. The molecule has 1 amide bonds. The van der Waals surface area contributed by atoms with Crippen molar-refractivity contribution in [2.75, 3.05) is 18.5 Å². The number of rotatable bonds is 6. The highest BCUT2D eigenvalue weighted by atomic mass is 32.2. The summed E-state index contributed by atoms with van der Waals surface area (Å²) in [6.07, 6.45) is 1.10. The van der Waals surface area contributed by atoms with E-state index < -0.39 is 22.0 Å². The molecule has 1 fully saturated rings. The number of carbonyl (C=O) groups excluding carboxylic acids is 2. The minimum absolute atomic E-state index is 0.237. The van der Waals surface area contributed by atoms with Crippen molar-refractivity contribution in [1.29, 1.82) is 0 Å². The van der Waals surface area contributed by atoms with Gasteiger partial charge >= 0.3 is 5.97 Å². The summed E-state index contributed by atoms with van der Waals surface area (Å²) < 4.78 is 31.9. The molecule has 1 aliphatic rings. The van der Waals surface area contributed by atoms with Gasteiger partial charge in [0.05, 0.1) is 12.2 Å². The highest BCUT2D eigenvalue weighted by molar-refractivity contribution is 7.91. The number of nitrogens with zero attached hydrogens (tertiary/aromatic N) is 1. The Morgan fingerprint density at radius 1 is 1.26 bits per heavy atom. The number of carbonyl (C=O) groups is 2. The third kappa shape index (κ3) is 4.20. The summed E-state index contributed by atoms with van der Waals surface area (Å²) in [7, 11) is -3.68. The van der Waals surface area contributed by atoms with E-state index in [9.17, 15) is 18.0 Å². The first-order valence-electron chi connectivity index (χ1n) is 8.57. The lowest BCUT2D eigenvalue weighted by atomic mass is 10.2. The van der Waals surface area contributed by atoms with Gasteiger partial charge in [0, 0.05) is 12.2 Å². The van der Waals surface area contributed by atoms with Gasteiger partial charge in [-0.15, -0.1) is 11.3 Å².